The minimum absolute atomic E-state index is 0.101. The van der Waals surface area contributed by atoms with Crippen LogP contribution in [0, 0.1) is 6.92 Å². The van der Waals surface area contributed by atoms with Gasteiger partial charge < -0.3 is 20.3 Å². The molecule has 0 aliphatic heterocycles. The van der Waals surface area contributed by atoms with Gasteiger partial charge in [0.25, 0.3) is 0 Å². The molecule has 0 saturated heterocycles. The molecule has 4 heteroatoms. The zero-order chi connectivity index (χ0) is 12.7. The molecule has 0 saturated carbocycles. The summed E-state index contributed by atoms with van der Waals surface area (Å²) < 4.78 is 10.9. The van der Waals surface area contributed by atoms with Crippen LogP contribution in [0.4, 0.5) is 0 Å². The molecule has 0 fully saturated rings. The Kier molecular flexibility index (Phi) is 5.97. The van der Waals surface area contributed by atoms with Gasteiger partial charge in [-0.05, 0) is 24.1 Å². The highest BCUT2D eigenvalue weighted by Gasteiger charge is 2.13. The van der Waals surface area contributed by atoms with Gasteiger partial charge in [0.05, 0.1) is 12.7 Å². The number of ether oxygens (including phenoxy) is 2. The molecule has 17 heavy (non-hydrogen) atoms. The van der Waals surface area contributed by atoms with E-state index in [-0.39, 0.29) is 12.7 Å². The van der Waals surface area contributed by atoms with Crippen LogP contribution in [0.2, 0.25) is 0 Å². The van der Waals surface area contributed by atoms with E-state index < -0.39 is 0 Å². The first kappa shape index (κ1) is 14.0. The first-order valence-corrected chi connectivity index (χ1v) is 5.80. The largest absolute Gasteiger partial charge is 0.493 e. The Labute approximate surface area is 102 Å². The highest BCUT2D eigenvalue weighted by molar-refractivity contribution is 5.40. The number of hydrogen-bond acceptors (Lipinski definition) is 4. The van der Waals surface area contributed by atoms with Crippen LogP contribution in [0.1, 0.15) is 23.7 Å². The van der Waals surface area contributed by atoms with E-state index in [0.29, 0.717) is 19.6 Å². The fraction of sp³-hybridized carbons (Fsp3) is 0.538. The summed E-state index contributed by atoms with van der Waals surface area (Å²) in [6, 6.07) is 5.84. The van der Waals surface area contributed by atoms with Gasteiger partial charge in [0.2, 0.25) is 0 Å². The van der Waals surface area contributed by atoms with Gasteiger partial charge in [-0.25, -0.2) is 0 Å². The number of nitrogens with two attached hydrogens (primary N) is 1. The molecule has 0 radical (unpaired) electrons. The van der Waals surface area contributed by atoms with E-state index in [2.05, 4.69) is 0 Å². The second-order valence-corrected chi connectivity index (χ2v) is 3.86. The molecule has 1 unspecified atom stereocenters. The summed E-state index contributed by atoms with van der Waals surface area (Å²) in [5.74, 6) is 0.825. The number of aliphatic hydroxyl groups excluding tert-OH is 1. The highest BCUT2D eigenvalue weighted by Crippen LogP contribution is 2.27. The zero-order valence-electron chi connectivity index (χ0n) is 10.5. The van der Waals surface area contributed by atoms with Crippen molar-refractivity contribution < 1.29 is 14.6 Å². The lowest BCUT2D eigenvalue weighted by molar-refractivity contribution is 0.109. The van der Waals surface area contributed by atoms with Crippen LogP contribution in [0.25, 0.3) is 0 Å². The van der Waals surface area contributed by atoms with Gasteiger partial charge in [-0.1, -0.05) is 12.1 Å². The molecular formula is C13H21NO3. The van der Waals surface area contributed by atoms with Crippen molar-refractivity contribution in [3.8, 4) is 5.75 Å². The summed E-state index contributed by atoms with van der Waals surface area (Å²) >= 11 is 0. The molecule has 1 aromatic rings. The maximum absolute atomic E-state index is 8.72. The fourth-order valence-electron chi connectivity index (χ4n) is 1.73. The second kappa shape index (κ2) is 7.27. The number of methoxy groups -OCH3 is 1. The van der Waals surface area contributed by atoms with Gasteiger partial charge >= 0.3 is 0 Å². The van der Waals surface area contributed by atoms with Crippen molar-refractivity contribution in [3.63, 3.8) is 0 Å². The van der Waals surface area contributed by atoms with E-state index in [4.69, 9.17) is 20.3 Å². The lowest BCUT2D eigenvalue weighted by atomic mass is 10.0. The summed E-state index contributed by atoms with van der Waals surface area (Å²) in [7, 11) is 1.65. The number of rotatable bonds is 7. The molecule has 0 aliphatic carbocycles. The van der Waals surface area contributed by atoms with Crippen LogP contribution in [0.3, 0.4) is 0 Å². The number of hydrogen-bond donors (Lipinski definition) is 2. The minimum Gasteiger partial charge on any atom is -0.493 e. The van der Waals surface area contributed by atoms with Crippen molar-refractivity contribution in [1.29, 1.82) is 0 Å². The first-order valence-electron chi connectivity index (χ1n) is 5.80. The molecule has 0 spiro atoms. The maximum atomic E-state index is 8.72. The number of aliphatic hydroxyl groups is 1. The van der Waals surface area contributed by atoms with Crippen LogP contribution in [-0.2, 0) is 4.74 Å². The Morgan fingerprint density at radius 1 is 1.41 bits per heavy atom. The molecule has 0 aliphatic rings. The van der Waals surface area contributed by atoms with Crippen molar-refractivity contribution >= 4 is 0 Å². The van der Waals surface area contributed by atoms with Crippen molar-refractivity contribution in [2.24, 2.45) is 5.73 Å². The van der Waals surface area contributed by atoms with Gasteiger partial charge in [0.15, 0.2) is 0 Å². The SMILES string of the molecule is COC(CN)c1cccc(OCCCO)c1C. The first-order chi connectivity index (χ1) is 8.24. The van der Waals surface area contributed by atoms with Gasteiger partial charge in [0, 0.05) is 26.7 Å². The fourth-order valence-corrected chi connectivity index (χ4v) is 1.73. The summed E-state index contributed by atoms with van der Waals surface area (Å²) in [6.45, 7) is 3.09. The summed E-state index contributed by atoms with van der Waals surface area (Å²) in [5, 5.41) is 8.72. The average molecular weight is 239 g/mol. The minimum atomic E-state index is -0.101. The smallest absolute Gasteiger partial charge is 0.122 e. The molecule has 96 valence electrons. The van der Waals surface area contributed by atoms with E-state index in [0.717, 1.165) is 16.9 Å². The third-order valence-corrected chi connectivity index (χ3v) is 2.73. The third-order valence-electron chi connectivity index (χ3n) is 2.73. The van der Waals surface area contributed by atoms with Gasteiger partial charge in [-0.2, -0.15) is 0 Å². The van der Waals surface area contributed by atoms with Crippen LogP contribution in [0.15, 0.2) is 18.2 Å². The van der Waals surface area contributed by atoms with Crippen molar-refractivity contribution in [2.75, 3.05) is 26.9 Å². The topological polar surface area (TPSA) is 64.7 Å². The molecule has 1 aromatic carbocycles. The molecule has 4 nitrogen and oxygen atoms in total. The predicted octanol–water partition coefficient (Wildman–Crippen LogP) is 1.40. The average Bonchev–Trinajstić information content (AvgIpc) is 2.35. The second-order valence-electron chi connectivity index (χ2n) is 3.86. The predicted molar refractivity (Wildman–Crippen MR) is 67.2 cm³/mol. The van der Waals surface area contributed by atoms with Gasteiger partial charge in [-0.15, -0.1) is 0 Å². The Morgan fingerprint density at radius 2 is 2.18 bits per heavy atom. The highest BCUT2D eigenvalue weighted by atomic mass is 16.5. The molecule has 3 N–H and O–H groups in total. The maximum Gasteiger partial charge on any atom is 0.122 e. The van der Waals surface area contributed by atoms with Crippen molar-refractivity contribution in [1.82, 2.24) is 0 Å². The van der Waals surface area contributed by atoms with Crippen molar-refractivity contribution in [2.45, 2.75) is 19.4 Å². The molecule has 0 heterocycles. The van der Waals surface area contributed by atoms with Crippen LogP contribution in [-0.4, -0.2) is 32.0 Å². The standard InChI is InChI=1S/C13H21NO3/c1-10-11(13(9-14)16-2)5-3-6-12(10)17-8-4-7-15/h3,5-6,13,15H,4,7-9,14H2,1-2H3. The summed E-state index contributed by atoms with van der Waals surface area (Å²) in [5.41, 5.74) is 7.75. The Bertz CT molecular complexity index is 337. The van der Waals surface area contributed by atoms with Gasteiger partial charge in [0.1, 0.15) is 5.75 Å². The van der Waals surface area contributed by atoms with Crippen LogP contribution in [0.5, 0.6) is 5.75 Å². The van der Waals surface area contributed by atoms with Crippen LogP contribution < -0.4 is 10.5 Å². The van der Waals surface area contributed by atoms with E-state index in [1.807, 2.05) is 25.1 Å². The van der Waals surface area contributed by atoms with E-state index >= 15 is 0 Å². The van der Waals surface area contributed by atoms with E-state index in [1.54, 1.807) is 7.11 Å². The lowest BCUT2D eigenvalue weighted by Crippen LogP contribution is -2.15. The Hall–Kier alpha value is -1.10. The van der Waals surface area contributed by atoms with E-state index in [9.17, 15) is 0 Å². The molecule has 0 aromatic heterocycles. The third kappa shape index (κ3) is 3.70. The molecule has 0 amide bonds. The normalized spacial score (nSPS) is 12.5. The zero-order valence-corrected chi connectivity index (χ0v) is 10.5. The molecule has 1 atom stereocenters. The number of benzene rings is 1. The summed E-state index contributed by atoms with van der Waals surface area (Å²) in [4.78, 5) is 0. The lowest BCUT2D eigenvalue weighted by Gasteiger charge is -2.18. The molecule has 1 rings (SSSR count). The van der Waals surface area contributed by atoms with Crippen LogP contribution >= 0.6 is 0 Å². The summed E-state index contributed by atoms with van der Waals surface area (Å²) in [6.07, 6.45) is 0.533. The quantitative estimate of drug-likeness (QED) is 0.706. The molecular weight excluding hydrogens is 218 g/mol. The Balaban J connectivity index is 2.82. The van der Waals surface area contributed by atoms with Crippen molar-refractivity contribution in [3.05, 3.63) is 29.3 Å². The Morgan fingerprint density at radius 3 is 2.76 bits per heavy atom. The monoisotopic (exact) mass is 239 g/mol. The molecule has 0 bridgehead atoms. The van der Waals surface area contributed by atoms with Gasteiger partial charge in [-0.3, -0.25) is 0 Å². The van der Waals surface area contributed by atoms with E-state index in [1.165, 1.54) is 0 Å².